The van der Waals surface area contributed by atoms with Crippen molar-refractivity contribution in [1.29, 1.82) is 0 Å². The van der Waals surface area contributed by atoms with Gasteiger partial charge < -0.3 is 9.83 Å². The van der Waals surface area contributed by atoms with E-state index in [9.17, 15) is 5.02 Å². The summed E-state index contributed by atoms with van der Waals surface area (Å²) >= 11 is 0. The van der Waals surface area contributed by atoms with Crippen molar-refractivity contribution in [3.05, 3.63) is 60.7 Å². The van der Waals surface area contributed by atoms with E-state index in [-0.39, 0.29) is 0 Å². The molecule has 2 radical (unpaired) electrons. The minimum atomic E-state index is -1.98. The van der Waals surface area contributed by atoms with E-state index in [0.717, 1.165) is 19.1 Å². The minimum Gasteiger partial charge on any atom is -0.437 e. The molecule has 0 saturated carbocycles. The fourth-order valence-electron chi connectivity index (χ4n) is 3.90. The Morgan fingerprint density at radius 1 is 1.08 bits per heavy atom. The van der Waals surface area contributed by atoms with Gasteiger partial charge in [-0.25, -0.2) is 0 Å². The Balaban J connectivity index is 1.97. The molecule has 0 bridgehead atoms. The Morgan fingerprint density at radius 2 is 1.58 bits per heavy atom. The smallest absolute Gasteiger partial charge is 0.377 e. The van der Waals surface area contributed by atoms with Gasteiger partial charge in [-0.1, -0.05) is 43.3 Å². The molecule has 0 spiro atoms. The maximum atomic E-state index is 10.2. The van der Waals surface area contributed by atoms with E-state index in [2.05, 4.69) is 60.3 Å². The van der Waals surface area contributed by atoms with Crippen molar-refractivity contribution in [3.63, 3.8) is 0 Å². The second-order valence-corrected chi connectivity index (χ2v) is 10.2. The fourth-order valence-corrected chi connectivity index (χ4v) is 7.05. The van der Waals surface area contributed by atoms with Crippen LogP contribution < -0.4 is 10.6 Å². The van der Waals surface area contributed by atoms with Gasteiger partial charge >= 0.3 is 14.6 Å². The SMILES string of the molecule is [B][P+](C[C@@H]1C[C@@H](C)CN1B(C)O)(c1ccccc1)c1ccccc1. The summed E-state index contributed by atoms with van der Waals surface area (Å²) in [5, 5.41) is 12.7. The van der Waals surface area contributed by atoms with Crippen LogP contribution in [0.5, 0.6) is 0 Å². The maximum absolute atomic E-state index is 10.2. The number of rotatable bonds is 5. The molecule has 2 nitrogen and oxygen atoms in total. The Hall–Kier alpha value is -1.08. The molecule has 0 aliphatic carbocycles. The topological polar surface area (TPSA) is 23.5 Å². The zero-order chi connectivity index (χ0) is 17.2. The lowest BCUT2D eigenvalue weighted by Gasteiger charge is -2.31. The predicted octanol–water partition coefficient (Wildman–Crippen LogP) is 2.56. The zero-order valence-corrected chi connectivity index (χ0v) is 15.4. The van der Waals surface area contributed by atoms with Crippen LogP contribution in [0.2, 0.25) is 6.82 Å². The quantitative estimate of drug-likeness (QED) is 0.670. The largest absolute Gasteiger partial charge is 0.437 e. The molecular weight excluding hydrogens is 311 g/mol. The molecule has 1 N–H and O–H groups in total. The highest BCUT2D eigenvalue weighted by molar-refractivity contribution is 8.08. The van der Waals surface area contributed by atoms with Gasteiger partial charge in [0, 0.05) is 13.2 Å². The van der Waals surface area contributed by atoms with Gasteiger partial charge in [0.15, 0.2) is 0 Å². The second kappa shape index (κ2) is 7.44. The van der Waals surface area contributed by atoms with Crippen LogP contribution >= 0.6 is 7.14 Å². The molecule has 2 aromatic carbocycles. The fraction of sp³-hybridized carbons (Fsp3) is 0.368. The Labute approximate surface area is 148 Å². The maximum Gasteiger partial charge on any atom is 0.377 e. The third-order valence-electron chi connectivity index (χ3n) is 5.08. The van der Waals surface area contributed by atoms with Gasteiger partial charge in [-0.05, 0) is 50.0 Å². The van der Waals surface area contributed by atoms with Crippen molar-refractivity contribution in [2.75, 3.05) is 12.7 Å². The van der Waals surface area contributed by atoms with Gasteiger partial charge in [-0.2, -0.15) is 0 Å². The van der Waals surface area contributed by atoms with E-state index in [1.807, 2.05) is 19.0 Å². The third-order valence-corrected chi connectivity index (χ3v) is 8.52. The second-order valence-electron chi connectivity index (χ2n) is 7.05. The molecule has 122 valence electrons. The Morgan fingerprint density at radius 3 is 2.04 bits per heavy atom. The van der Waals surface area contributed by atoms with E-state index in [0.29, 0.717) is 12.0 Å². The van der Waals surface area contributed by atoms with Crippen molar-refractivity contribution in [2.45, 2.75) is 26.2 Å². The van der Waals surface area contributed by atoms with Crippen molar-refractivity contribution in [2.24, 2.45) is 5.92 Å². The van der Waals surface area contributed by atoms with Crippen molar-refractivity contribution >= 4 is 32.4 Å². The Kier molecular flexibility index (Phi) is 5.49. The molecule has 0 unspecified atom stereocenters. The van der Waals surface area contributed by atoms with Crippen molar-refractivity contribution < 1.29 is 5.02 Å². The molecular formula is C19H25B2NOP+. The van der Waals surface area contributed by atoms with Gasteiger partial charge in [0.2, 0.25) is 0 Å². The van der Waals surface area contributed by atoms with E-state index >= 15 is 0 Å². The molecule has 1 fully saturated rings. The van der Waals surface area contributed by atoms with Gasteiger partial charge in [0.05, 0.1) is 16.8 Å². The van der Waals surface area contributed by atoms with Crippen LogP contribution in [0.1, 0.15) is 13.3 Å². The third kappa shape index (κ3) is 3.61. The predicted molar refractivity (Wildman–Crippen MR) is 108 cm³/mol. The van der Waals surface area contributed by atoms with Gasteiger partial charge in [-0.15, -0.1) is 0 Å². The number of nitrogens with zero attached hydrogens (tertiary/aromatic N) is 1. The molecule has 1 saturated heterocycles. The lowest BCUT2D eigenvalue weighted by atomic mass is 9.84. The summed E-state index contributed by atoms with van der Waals surface area (Å²) in [6.45, 7) is 5.08. The zero-order valence-electron chi connectivity index (χ0n) is 14.5. The molecule has 1 heterocycles. The van der Waals surface area contributed by atoms with Crippen LogP contribution in [-0.2, 0) is 0 Å². The molecule has 0 aromatic heterocycles. The molecule has 2 aromatic rings. The van der Waals surface area contributed by atoms with Crippen molar-refractivity contribution in [3.8, 4) is 0 Å². The molecule has 1 aliphatic heterocycles. The average molecular weight is 336 g/mol. The minimum absolute atomic E-state index is 0.332. The first-order chi connectivity index (χ1) is 11.5. The highest BCUT2D eigenvalue weighted by atomic mass is 31.2. The molecule has 24 heavy (non-hydrogen) atoms. The molecule has 2 atom stereocenters. The summed E-state index contributed by atoms with van der Waals surface area (Å²) in [4.78, 5) is 2.22. The highest BCUT2D eigenvalue weighted by Gasteiger charge is 2.44. The molecule has 0 amide bonds. The van der Waals surface area contributed by atoms with Crippen LogP contribution in [0, 0.1) is 5.92 Å². The summed E-state index contributed by atoms with van der Waals surface area (Å²) < 4.78 is 0. The standard InChI is InChI=1S/C19H25B2NOP/c1-16-13-17(22(14-16)21(2)23)15-24(20,18-9-5-3-6-10-18)19-11-7-4-8-12-19/h3-12,16-17,23H,13-15H2,1-2H3/q+1/t16-,17+/m1/s1. The summed E-state index contributed by atoms with van der Waals surface area (Å²) in [5.74, 6) is 0.601. The first-order valence-corrected chi connectivity index (χ1v) is 10.8. The summed E-state index contributed by atoms with van der Waals surface area (Å²) in [5.41, 5.74) is 0. The van der Waals surface area contributed by atoms with Gasteiger partial charge in [0.1, 0.15) is 0 Å². The van der Waals surface area contributed by atoms with Crippen molar-refractivity contribution in [1.82, 2.24) is 4.81 Å². The van der Waals surface area contributed by atoms with Crippen LogP contribution in [0.15, 0.2) is 60.7 Å². The first-order valence-electron chi connectivity index (χ1n) is 8.72. The highest BCUT2D eigenvalue weighted by Crippen LogP contribution is 2.53. The lowest BCUT2D eigenvalue weighted by Crippen LogP contribution is -2.44. The normalized spacial score (nSPS) is 21.8. The van der Waals surface area contributed by atoms with E-state index in [1.165, 1.54) is 10.6 Å². The van der Waals surface area contributed by atoms with E-state index < -0.39 is 14.2 Å². The van der Waals surface area contributed by atoms with Crippen LogP contribution in [0.3, 0.4) is 0 Å². The summed E-state index contributed by atoms with van der Waals surface area (Å²) in [7, 11) is 4.73. The number of hydrogen-bond acceptors (Lipinski definition) is 2. The molecule has 1 aliphatic rings. The van der Waals surface area contributed by atoms with Gasteiger partial charge in [0.25, 0.3) is 0 Å². The van der Waals surface area contributed by atoms with Crippen LogP contribution in [-0.4, -0.2) is 43.2 Å². The van der Waals surface area contributed by atoms with Gasteiger partial charge in [-0.3, -0.25) is 0 Å². The van der Waals surface area contributed by atoms with E-state index in [1.54, 1.807) is 0 Å². The average Bonchev–Trinajstić information content (AvgIpc) is 2.97. The van der Waals surface area contributed by atoms with E-state index in [4.69, 9.17) is 7.57 Å². The van der Waals surface area contributed by atoms with Crippen LogP contribution in [0.25, 0.3) is 0 Å². The lowest BCUT2D eigenvalue weighted by molar-refractivity contribution is 0.361. The number of benzene rings is 2. The summed E-state index contributed by atoms with van der Waals surface area (Å²) in [6, 6.07) is 21.3. The molecule has 5 heteroatoms. The first kappa shape index (κ1) is 17.7. The monoisotopic (exact) mass is 336 g/mol. The Bertz CT molecular complexity index is 613. The summed E-state index contributed by atoms with van der Waals surface area (Å²) in [6.07, 6.45) is 2.01. The number of hydrogen-bond donors (Lipinski definition) is 1. The molecule has 3 rings (SSSR count). The van der Waals surface area contributed by atoms with Crippen LogP contribution in [0.4, 0.5) is 0 Å².